The Labute approximate surface area is 171 Å². The first-order valence-corrected chi connectivity index (χ1v) is 11.0. The van der Waals surface area contributed by atoms with Gasteiger partial charge in [0.1, 0.15) is 0 Å². The minimum atomic E-state index is -0.883. The normalized spacial score (nSPS) is 19.6. The SMILES string of the molecule is CC(C)(C)c1sc(OC(N)=O)nc1CC(=O)N1CCC(N2CCCCC2)CC1. The van der Waals surface area contributed by atoms with Crippen molar-refractivity contribution in [3.05, 3.63) is 10.6 Å². The van der Waals surface area contributed by atoms with E-state index >= 15 is 0 Å². The first-order chi connectivity index (χ1) is 13.2. The molecule has 2 aliphatic rings. The van der Waals surface area contributed by atoms with E-state index in [1.165, 1.54) is 43.7 Å². The van der Waals surface area contributed by atoms with E-state index < -0.39 is 6.09 Å². The summed E-state index contributed by atoms with van der Waals surface area (Å²) in [5.74, 6) is 0.0959. The highest BCUT2D eigenvalue weighted by Gasteiger charge is 2.30. The lowest BCUT2D eigenvalue weighted by molar-refractivity contribution is -0.132. The number of primary amides is 1. The molecule has 7 nitrogen and oxygen atoms in total. The summed E-state index contributed by atoms with van der Waals surface area (Å²) in [4.78, 5) is 33.9. The fourth-order valence-electron chi connectivity index (χ4n) is 4.18. The standard InChI is InChI=1S/C20H32N4O3S/c1-20(2,3)17-15(22-19(28-17)27-18(21)26)13-16(25)24-11-7-14(8-12-24)23-9-5-4-6-10-23/h14H,4-13H2,1-3H3,(H2,21,26). The number of rotatable bonds is 4. The number of hydrogen-bond donors (Lipinski definition) is 1. The number of likely N-dealkylation sites (tertiary alicyclic amines) is 2. The van der Waals surface area contributed by atoms with Crippen molar-refractivity contribution in [3.8, 4) is 5.19 Å². The molecule has 156 valence electrons. The number of ether oxygens (including phenoxy) is 1. The van der Waals surface area contributed by atoms with Gasteiger partial charge in [-0.2, -0.15) is 0 Å². The number of nitrogens with two attached hydrogens (primary N) is 1. The van der Waals surface area contributed by atoms with Crippen LogP contribution in [0.4, 0.5) is 4.79 Å². The first kappa shape index (κ1) is 21.0. The molecule has 0 unspecified atom stereocenters. The van der Waals surface area contributed by atoms with Gasteiger partial charge in [0.05, 0.1) is 12.1 Å². The number of carbonyl (C=O) groups is 2. The predicted octanol–water partition coefficient (Wildman–Crippen LogP) is 2.92. The lowest BCUT2D eigenvalue weighted by Crippen LogP contribution is -2.48. The summed E-state index contributed by atoms with van der Waals surface area (Å²) in [6, 6.07) is 0.615. The van der Waals surface area contributed by atoms with Crippen LogP contribution in [0.1, 0.15) is 63.4 Å². The van der Waals surface area contributed by atoms with Gasteiger partial charge < -0.3 is 20.3 Å². The van der Waals surface area contributed by atoms with E-state index in [9.17, 15) is 9.59 Å². The topological polar surface area (TPSA) is 88.8 Å². The van der Waals surface area contributed by atoms with Crippen molar-refractivity contribution in [3.63, 3.8) is 0 Å². The van der Waals surface area contributed by atoms with Crippen LogP contribution in [-0.2, 0) is 16.6 Å². The molecule has 0 bridgehead atoms. The second-order valence-electron chi connectivity index (χ2n) is 8.81. The maximum absolute atomic E-state index is 12.9. The van der Waals surface area contributed by atoms with Crippen LogP contribution < -0.4 is 10.5 Å². The van der Waals surface area contributed by atoms with Gasteiger partial charge in [0, 0.05) is 24.0 Å². The molecule has 2 aliphatic heterocycles. The number of piperidine rings is 2. The molecule has 0 saturated carbocycles. The van der Waals surface area contributed by atoms with E-state index in [0.29, 0.717) is 11.7 Å². The molecular formula is C20H32N4O3S. The van der Waals surface area contributed by atoms with Crippen molar-refractivity contribution in [2.24, 2.45) is 5.73 Å². The highest BCUT2D eigenvalue weighted by atomic mass is 32.1. The molecule has 0 radical (unpaired) electrons. The molecule has 1 aromatic rings. The second kappa shape index (κ2) is 8.78. The van der Waals surface area contributed by atoms with Crippen molar-refractivity contribution in [1.29, 1.82) is 0 Å². The first-order valence-electron chi connectivity index (χ1n) is 10.2. The van der Waals surface area contributed by atoms with Crippen LogP contribution in [0, 0.1) is 0 Å². The Balaban J connectivity index is 1.61. The zero-order chi connectivity index (χ0) is 20.3. The minimum Gasteiger partial charge on any atom is -0.381 e. The lowest BCUT2D eigenvalue weighted by Gasteiger charge is -2.40. The van der Waals surface area contributed by atoms with Crippen molar-refractivity contribution < 1.29 is 14.3 Å². The summed E-state index contributed by atoms with van der Waals surface area (Å²) in [6.45, 7) is 10.2. The molecular weight excluding hydrogens is 376 g/mol. The number of aromatic nitrogens is 1. The molecule has 0 atom stereocenters. The summed E-state index contributed by atoms with van der Waals surface area (Å²) in [7, 11) is 0. The maximum atomic E-state index is 12.9. The van der Waals surface area contributed by atoms with Gasteiger partial charge in [0.25, 0.3) is 5.19 Å². The molecule has 0 spiro atoms. The number of hydrogen-bond acceptors (Lipinski definition) is 6. The third-order valence-electron chi connectivity index (χ3n) is 5.59. The van der Waals surface area contributed by atoms with Gasteiger partial charge in [-0.15, -0.1) is 0 Å². The fourth-order valence-corrected chi connectivity index (χ4v) is 5.18. The van der Waals surface area contributed by atoms with Crippen molar-refractivity contribution in [2.45, 2.75) is 70.8 Å². The Kier molecular flexibility index (Phi) is 6.60. The zero-order valence-electron chi connectivity index (χ0n) is 17.2. The lowest BCUT2D eigenvalue weighted by atomic mass is 9.92. The molecule has 8 heteroatoms. The zero-order valence-corrected chi connectivity index (χ0v) is 18.0. The number of nitrogens with zero attached hydrogens (tertiary/aromatic N) is 3. The van der Waals surface area contributed by atoms with Crippen molar-refractivity contribution >= 4 is 23.3 Å². The molecule has 3 rings (SSSR count). The summed E-state index contributed by atoms with van der Waals surface area (Å²) in [5, 5.41) is 0.212. The van der Waals surface area contributed by atoms with Crippen molar-refractivity contribution in [1.82, 2.24) is 14.8 Å². The summed E-state index contributed by atoms with van der Waals surface area (Å²) in [6.07, 6.45) is 5.39. The minimum absolute atomic E-state index is 0.0959. The number of thiazole rings is 1. The van der Waals surface area contributed by atoms with E-state index in [0.717, 1.165) is 30.8 Å². The van der Waals surface area contributed by atoms with Crippen LogP contribution in [-0.4, -0.2) is 59.0 Å². The molecule has 2 amide bonds. The number of amides is 2. The Bertz CT molecular complexity index is 699. The van der Waals surface area contributed by atoms with E-state index in [4.69, 9.17) is 10.5 Å². The van der Waals surface area contributed by atoms with Gasteiger partial charge in [-0.3, -0.25) is 4.79 Å². The third-order valence-corrected chi connectivity index (χ3v) is 6.99. The summed E-state index contributed by atoms with van der Waals surface area (Å²) in [5.41, 5.74) is 5.62. The van der Waals surface area contributed by atoms with Crippen molar-refractivity contribution in [2.75, 3.05) is 26.2 Å². The molecule has 2 fully saturated rings. The van der Waals surface area contributed by atoms with Crippen LogP contribution >= 0.6 is 11.3 Å². The molecule has 0 aliphatic carbocycles. The van der Waals surface area contributed by atoms with Crippen LogP contribution in [0.5, 0.6) is 5.19 Å². The molecule has 28 heavy (non-hydrogen) atoms. The summed E-state index contributed by atoms with van der Waals surface area (Å²) < 4.78 is 4.95. The second-order valence-corrected chi connectivity index (χ2v) is 9.77. The quantitative estimate of drug-likeness (QED) is 0.827. The average molecular weight is 409 g/mol. The van der Waals surface area contributed by atoms with Gasteiger partial charge in [-0.25, -0.2) is 9.78 Å². The van der Waals surface area contributed by atoms with Gasteiger partial charge in [0.15, 0.2) is 0 Å². The third kappa shape index (κ3) is 5.23. The van der Waals surface area contributed by atoms with E-state index in [1.54, 1.807) is 0 Å². The maximum Gasteiger partial charge on any atom is 0.411 e. The smallest absolute Gasteiger partial charge is 0.381 e. The highest BCUT2D eigenvalue weighted by Crippen LogP contribution is 2.35. The molecule has 2 N–H and O–H groups in total. The van der Waals surface area contributed by atoms with E-state index in [2.05, 4.69) is 30.7 Å². The van der Waals surface area contributed by atoms with Crippen LogP contribution in [0.15, 0.2) is 0 Å². The molecule has 3 heterocycles. The number of carbonyl (C=O) groups excluding carboxylic acids is 2. The Morgan fingerprint density at radius 3 is 2.36 bits per heavy atom. The highest BCUT2D eigenvalue weighted by molar-refractivity contribution is 7.13. The van der Waals surface area contributed by atoms with E-state index in [1.807, 2.05) is 4.90 Å². The molecule has 1 aromatic heterocycles. The Morgan fingerprint density at radius 2 is 1.79 bits per heavy atom. The van der Waals surface area contributed by atoms with Gasteiger partial charge in [0.2, 0.25) is 5.91 Å². The fraction of sp³-hybridized carbons (Fsp3) is 0.750. The Morgan fingerprint density at radius 1 is 1.14 bits per heavy atom. The molecule has 2 saturated heterocycles. The average Bonchev–Trinajstić information content (AvgIpc) is 3.04. The van der Waals surface area contributed by atoms with E-state index in [-0.39, 0.29) is 22.9 Å². The predicted molar refractivity (Wildman–Crippen MR) is 110 cm³/mol. The van der Waals surface area contributed by atoms with Gasteiger partial charge in [-0.05, 0) is 44.2 Å². The van der Waals surface area contributed by atoms with Gasteiger partial charge >= 0.3 is 6.09 Å². The van der Waals surface area contributed by atoms with Crippen LogP contribution in [0.25, 0.3) is 0 Å². The Hall–Kier alpha value is -1.67. The monoisotopic (exact) mass is 408 g/mol. The molecule has 0 aromatic carbocycles. The van der Waals surface area contributed by atoms with Crippen LogP contribution in [0.2, 0.25) is 0 Å². The van der Waals surface area contributed by atoms with Gasteiger partial charge in [-0.1, -0.05) is 38.5 Å². The summed E-state index contributed by atoms with van der Waals surface area (Å²) >= 11 is 1.29. The largest absolute Gasteiger partial charge is 0.411 e. The van der Waals surface area contributed by atoms with Crippen LogP contribution in [0.3, 0.4) is 0 Å².